The van der Waals surface area contributed by atoms with Gasteiger partial charge in [0.05, 0.1) is 12.7 Å². The van der Waals surface area contributed by atoms with Gasteiger partial charge in [-0.2, -0.15) is 0 Å². The van der Waals surface area contributed by atoms with Gasteiger partial charge in [0.25, 0.3) is 0 Å². The van der Waals surface area contributed by atoms with E-state index in [1.807, 2.05) is 0 Å². The molecule has 0 radical (unpaired) electrons. The zero-order chi connectivity index (χ0) is 9.97. The van der Waals surface area contributed by atoms with Crippen molar-refractivity contribution in [3.63, 3.8) is 0 Å². The lowest BCUT2D eigenvalue weighted by Gasteiger charge is -2.09. The lowest BCUT2D eigenvalue weighted by atomic mass is 10.0. The van der Waals surface area contributed by atoms with Gasteiger partial charge in [0, 0.05) is 0 Å². The van der Waals surface area contributed by atoms with E-state index in [1.54, 1.807) is 0 Å². The van der Waals surface area contributed by atoms with Gasteiger partial charge in [-0.3, -0.25) is 0 Å². The van der Waals surface area contributed by atoms with Crippen LogP contribution in [0.3, 0.4) is 0 Å². The van der Waals surface area contributed by atoms with Crippen LogP contribution in [0.4, 0.5) is 0 Å². The van der Waals surface area contributed by atoms with Crippen molar-refractivity contribution in [3.05, 3.63) is 41.5 Å². The van der Waals surface area contributed by atoms with Crippen molar-refractivity contribution < 1.29 is 4.74 Å². The topological polar surface area (TPSA) is 9.23 Å². The molecule has 1 atom stereocenters. The van der Waals surface area contributed by atoms with Gasteiger partial charge in [-0.05, 0) is 30.0 Å². The summed E-state index contributed by atoms with van der Waals surface area (Å²) in [7, 11) is 0. The van der Waals surface area contributed by atoms with E-state index in [1.165, 1.54) is 16.7 Å². The number of hydrogen-bond donors (Lipinski definition) is 0. The Morgan fingerprint density at radius 1 is 1.29 bits per heavy atom. The molecule has 0 spiro atoms. The summed E-state index contributed by atoms with van der Waals surface area (Å²) in [5.74, 6) is 0. The maximum absolute atomic E-state index is 5.48. The molecule has 0 fully saturated rings. The lowest BCUT2D eigenvalue weighted by Crippen LogP contribution is -2.02. The largest absolute Gasteiger partial charge is 0.370 e. The number of aryl methyl sites for hydroxylation is 1. The molecule has 1 aliphatic rings. The number of benzene rings is 1. The number of rotatable bonds is 2. The smallest absolute Gasteiger partial charge is 0.0804 e. The van der Waals surface area contributed by atoms with E-state index < -0.39 is 0 Å². The van der Waals surface area contributed by atoms with Crippen LogP contribution in [0.5, 0.6) is 0 Å². The molecule has 0 aromatic heterocycles. The third-order valence-corrected chi connectivity index (χ3v) is 2.78. The average Bonchev–Trinajstić information content (AvgIpc) is 2.65. The zero-order valence-corrected chi connectivity index (χ0v) is 8.79. The van der Waals surface area contributed by atoms with Crippen LogP contribution in [0.2, 0.25) is 0 Å². The summed E-state index contributed by atoms with van der Waals surface area (Å²) in [5, 5.41) is 0. The second-order valence-corrected chi connectivity index (χ2v) is 3.69. The van der Waals surface area contributed by atoms with Crippen molar-refractivity contribution in [1.29, 1.82) is 0 Å². The summed E-state index contributed by atoms with van der Waals surface area (Å²) < 4.78 is 5.48. The van der Waals surface area contributed by atoms with E-state index in [0.29, 0.717) is 0 Å². The molecule has 0 bridgehead atoms. The zero-order valence-electron chi connectivity index (χ0n) is 8.79. The Labute approximate surface area is 85.4 Å². The Kier molecular flexibility index (Phi) is 2.69. The second-order valence-electron chi connectivity index (χ2n) is 3.69. The van der Waals surface area contributed by atoms with Gasteiger partial charge < -0.3 is 4.74 Å². The molecule has 0 saturated carbocycles. The maximum Gasteiger partial charge on any atom is 0.0804 e. The van der Waals surface area contributed by atoms with Crippen LogP contribution < -0.4 is 0 Å². The number of ether oxygens (including phenoxy) is 1. The van der Waals surface area contributed by atoms with Crippen LogP contribution in [0.1, 0.15) is 25.0 Å². The van der Waals surface area contributed by atoms with Crippen molar-refractivity contribution in [2.24, 2.45) is 0 Å². The molecule has 0 N–H and O–H groups in total. The molecule has 1 nitrogen and oxygen atoms in total. The van der Waals surface area contributed by atoms with Crippen LogP contribution >= 0.6 is 0 Å². The van der Waals surface area contributed by atoms with Gasteiger partial charge in [0.15, 0.2) is 0 Å². The summed E-state index contributed by atoms with van der Waals surface area (Å²) in [6.45, 7) is 5.04. The molecule has 1 aromatic rings. The van der Waals surface area contributed by atoms with E-state index in [4.69, 9.17) is 4.74 Å². The number of hydrogen-bond acceptors (Lipinski definition) is 1. The molecule has 2 rings (SSSR count). The summed E-state index contributed by atoms with van der Waals surface area (Å²) in [6, 6.07) is 8.77. The Morgan fingerprint density at radius 3 is 2.50 bits per heavy atom. The minimum Gasteiger partial charge on any atom is -0.370 e. The molecule has 0 saturated heterocycles. The van der Waals surface area contributed by atoms with E-state index in [0.717, 1.165) is 13.0 Å². The van der Waals surface area contributed by atoms with Crippen LogP contribution in [0, 0.1) is 0 Å². The second kappa shape index (κ2) is 3.97. The minimum absolute atomic E-state index is 0.252. The molecule has 1 aliphatic heterocycles. The first kappa shape index (κ1) is 9.47. The van der Waals surface area contributed by atoms with E-state index in [9.17, 15) is 0 Å². The van der Waals surface area contributed by atoms with Gasteiger partial charge >= 0.3 is 0 Å². The average molecular weight is 188 g/mol. The minimum atomic E-state index is 0.252. The highest BCUT2D eigenvalue weighted by atomic mass is 16.5. The molecular formula is C13H16O. The highest BCUT2D eigenvalue weighted by Crippen LogP contribution is 2.25. The van der Waals surface area contributed by atoms with Crippen molar-refractivity contribution >= 4 is 5.57 Å². The first-order valence-electron chi connectivity index (χ1n) is 5.22. The molecule has 0 aliphatic carbocycles. The normalized spacial score (nSPS) is 21.0. The van der Waals surface area contributed by atoms with E-state index >= 15 is 0 Å². The fourth-order valence-electron chi connectivity index (χ4n) is 1.82. The van der Waals surface area contributed by atoms with Gasteiger partial charge in [-0.25, -0.2) is 0 Å². The Bertz CT molecular complexity index is 335. The first-order chi connectivity index (χ1) is 6.81. The van der Waals surface area contributed by atoms with Crippen molar-refractivity contribution in [2.75, 3.05) is 6.61 Å². The van der Waals surface area contributed by atoms with Crippen LogP contribution in [0.25, 0.3) is 5.57 Å². The van der Waals surface area contributed by atoms with Crippen molar-refractivity contribution in [1.82, 2.24) is 0 Å². The molecule has 0 amide bonds. The third-order valence-electron chi connectivity index (χ3n) is 2.78. The molecular weight excluding hydrogens is 172 g/mol. The third kappa shape index (κ3) is 1.73. The standard InChI is InChI=1S/C13H16O/c1-3-11-4-6-12(7-5-11)13-8-9-14-10(13)2/h4-8,10H,3,9H2,1-2H3. The van der Waals surface area contributed by atoms with E-state index in [-0.39, 0.29) is 6.10 Å². The predicted molar refractivity (Wildman–Crippen MR) is 59.2 cm³/mol. The quantitative estimate of drug-likeness (QED) is 0.693. The van der Waals surface area contributed by atoms with Gasteiger partial charge in [-0.15, -0.1) is 0 Å². The van der Waals surface area contributed by atoms with Crippen LogP contribution in [-0.4, -0.2) is 12.7 Å². The summed E-state index contributed by atoms with van der Waals surface area (Å²) in [5.41, 5.74) is 4.01. The van der Waals surface area contributed by atoms with Gasteiger partial charge in [-0.1, -0.05) is 37.3 Å². The van der Waals surface area contributed by atoms with Gasteiger partial charge in [0.2, 0.25) is 0 Å². The molecule has 1 aromatic carbocycles. The Balaban J connectivity index is 2.24. The lowest BCUT2D eigenvalue weighted by molar-refractivity contribution is 0.147. The van der Waals surface area contributed by atoms with Gasteiger partial charge in [0.1, 0.15) is 0 Å². The SMILES string of the molecule is CCc1ccc(C2=CCOC2C)cc1. The molecule has 74 valence electrons. The summed E-state index contributed by atoms with van der Waals surface area (Å²) in [6.07, 6.45) is 3.53. The van der Waals surface area contributed by atoms with Crippen molar-refractivity contribution in [3.8, 4) is 0 Å². The summed E-state index contributed by atoms with van der Waals surface area (Å²) >= 11 is 0. The Hall–Kier alpha value is -1.08. The maximum atomic E-state index is 5.48. The summed E-state index contributed by atoms with van der Waals surface area (Å²) in [4.78, 5) is 0. The monoisotopic (exact) mass is 188 g/mol. The molecule has 14 heavy (non-hydrogen) atoms. The van der Waals surface area contributed by atoms with E-state index in [2.05, 4.69) is 44.2 Å². The first-order valence-corrected chi connectivity index (χ1v) is 5.22. The van der Waals surface area contributed by atoms with Crippen molar-refractivity contribution in [2.45, 2.75) is 26.4 Å². The molecule has 1 heteroatoms. The highest BCUT2D eigenvalue weighted by molar-refractivity contribution is 5.70. The molecule has 1 heterocycles. The van der Waals surface area contributed by atoms with Crippen LogP contribution in [0.15, 0.2) is 30.3 Å². The molecule has 1 unspecified atom stereocenters. The fourth-order valence-corrected chi connectivity index (χ4v) is 1.82. The fraction of sp³-hybridized carbons (Fsp3) is 0.385. The predicted octanol–water partition coefficient (Wildman–Crippen LogP) is 3.05. The Morgan fingerprint density at radius 2 is 2.00 bits per heavy atom. The highest BCUT2D eigenvalue weighted by Gasteiger charge is 2.15. The van der Waals surface area contributed by atoms with Crippen LogP contribution in [-0.2, 0) is 11.2 Å².